The highest BCUT2D eigenvalue weighted by molar-refractivity contribution is 7.84. The highest BCUT2D eigenvalue weighted by Gasteiger charge is 2.12. The lowest BCUT2D eigenvalue weighted by Crippen LogP contribution is -2.02. The van der Waals surface area contributed by atoms with Crippen LogP contribution in [0.2, 0.25) is 0 Å². The summed E-state index contributed by atoms with van der Waals surface area (Å²) in [5.41, 5.74) is 7.35. The van der Waals surface area contributed by atoms with Gasteiger partial charge in [0.1, 0.15) is 10.8 Å². The van der Waals surface area contributed by atoms with Crippen LogP contribution in [0.25, 0.3) is 0 Å². The fourth-order valence-corrected chi connectivity index (χ4v) is 3.80. The van der Waals surface area contributed by atoms with Crippen LogP contribution in [-0.4, -0.2) is 15.8 Å². The normalized spacial score (nSPS) is 12.3. The number of anilines is 1. The summed E-state index contributed by atoms with van der Waals surface area (Å²) in [5.74, 6) is 1.08. The summed E-state index contributed by atoms with van der Waals surface area (Å²) in [7, 11) is -1.20. The van der Waals surface area contributed by atoms with Gasteiger partial charge in [0.15, 0.2) is 0 Å². The van der Waals surface area contributed by atoms with E-state index in [9.17, 15) is 4.21 Å². The molecule has 0 fully saturated rings. The summed E-state index contributed by atoms with van der Waals surface area (Å²) >= 11 is 1.52. The van der Waals surface area contributed by atoms with Gasteiger partial charge in [-0.15, -0.1) is 11.3 Å². The molecule has 1 unspecified atom stereocenters. The third kappa shape index (κ3) is 3.54. The number of nitrogen functional groups attached to an aromatic ring is 1. The van der Waals surface area contributed by atoms with Crippen LogP contribution in [0, 0.1) is 6.92 Å². The maximum absolute atomic E-state index is 12.3. The van der Waals surface area contributed by atoms with Gasteiger partial charge in [0, 0.05) is 16.8 Å². The van der Waals surface area contributed by atoms with Gasteiger partial charge in [-0.25, -0.2) is 4.98 Å². The van der Waals surface area contributed by atoms with E-state index in [1.54, 1.807) is 18.2 Å². The number of ether oxygens (including phenoxy) is 1. The molecule has 2 aromatic rings. The summed E-state index contributed by atoms with van der Waals surface area (Å²) in [5, 5.41) is 2.81. The monoisotopic (exact) mass is 296 g/mol. The number of aryl methyl sites for hydroxylation is 1. The van der Waals surface area contributed by atoms with Crippen LogP contribution in [-0.2, 0) is 16.6 Å². The number of hydrogen-bond acceptors (Lipinski definition) is 5. The highest BCUT2D eigenvalue weighted by Crippen LogP contribution is 2.25. The van der Waals surface area contributed by atoms with Crippen molar-refractivity contribution in [2.24, 2.45) is 0 Å². The van der Waals surface area contributed by atoms with Gasteiger partial charge in [0.05, 0.1) is 28.1 Å². The minimum Gasteiger partial charge on any atom is -0.494 e. The number of aromatic nitrogens is 1. The quantitative estimate of drug-likeness (QED) is 0.862. The first-order valence-corrected chi connectivity index (χ1v) is 8.11. The number of benzene rings is 1. The van der Waals surface area contributed by atoms with Crippen LogP contribution in [0.5, 0.6) is 5.75 Å². The Bertz CT molecular complexity index is 596. The van der Waals surface area contributed by atoms with Gasteiger partial charge >= 0.3 is 0 Å². The second kappa shape index (κ2) is 6.16. The highest BCUT2D eigenvalue weighted by atomic mass is 32.2. The van der Waals surface area contributed by atoms with Crippen molar-refractivity contribution in [3.8, 4) is 5.75 Å². The lowest BCUT2D eigenvalue weighted by Gasteiger charge is -2.08. The molecular weight excluding hydrogens is 280 g/mol. The summed E-state index contributed by atoms with van der Waals surface area (Å²) in [4.78, 5) is 4.93. The molecule has 0 aliphatic rings. The van der Waals surface area contributed by atoms with Crippen LogP contribution in [0.4, 0.5) is 5.69 Å². The van der Waals surface area contributed by atoms with E-state index in [4.69, 9.17) is 10.5 Å². The van der Waals surface area contributed by atoms with Crippen LogP contribution in [0.1, 0.15) is 17.6 Å². The first kappa shape index (κ1) is 14.0. The first-order chi connectivity index (χ1) is 9.10. The first-order valence-electron chi connectivity index (χ1n) is 5.92. The molecule has 2 rings (SSSR count). The van der Waals surface area contributed by atoms with Crippen molar-refractivity contribution in [3.63, 3.8) is 0 Å². The van der Waals surface area contributed by atoms with E-state index >= 15 is 0 Å². The molecule has 0 radical (unpaired) electrons. The van der Waals surface area contributed by atoms with E-state index in [0.29, 0.717) is 28.7 Å². The Labute approximate surface area is 119 Å². The Balaban J connectivity index is 2.20. The smallest absolute Gasteiger partial charge is 0.120 e. The molecule has 6 heteroatoms. The number of nitrogens with two attached hydrogens (primary N) is 1. The third-order valence-corrected chi connectivity index (χ3v) is 4.99. The maximum atomic E-state index is 12.3. The zero-order valence-electron chi connectivity index (χ0n) is 10.9. The van der Waals surface area contributed by atoms with Crippen molar-refractivity contribution in [2.75, 3.05) is 12.3 Å². The second-order valence-corrected chi connectivity index (χ2v) is 6.37. The predicted octanol–water partition coefficient (Wildman–Crippen LogP) is 2.74. The molecule has 2 N–H and O–H groups in total. The molecule has 1 aromatic carbocycles. The van der Waals surface area contributed by atoms with E-state index in [1.165, 1.54) is 11.3 Å². The van der Waals surface area contributed by atoms with Gasteiger partial charge in [-0.3, -0.25) is 4.21 Å². The van der Waals surface area contributed by atoms with Crippen LogP contribution in [0.3, 0.4) is 0 Å². The molecule has 0 amide bonds. The molecule has 4 nitrogen and oxygen atoms in total. The van der Waals surface area contributed by atoms with Gasteiger partial charge in [-0.2, -0.15) is 0 Å². The summed E-state index contributed by atoms with van der Waals surface area (Å²) in [6.07, 6.45) is 0. The van der Waals surface area contributed by atoms with Crippen LogP contribution in [0.15, 0.2) is 28.5 Å². The van der Waals surface area contributed by atoms with Crippen molar-refractivity contribution >= 4 is 27.8 Å². The molecule has 0 bridgehead atoms. The van der Waals surface area contributed by atoms with E-state index in [-0.39, 0.29) is 0 Å². The molecule has 0 saturated carbocycles. The van der Waals surface area contributed by atoms with E-state index < -0.39 is 10.8 Å². The van der Waals surface area contributed by atoms with Crippen molar-refractivity contribution < 1.29 is 8.95 Å². The largest absolute Gasteiger partial charge is 0.494 e. The average Bonchev–Trinajstić information content (AvgIpc) is 2.77. The Morgan fingerprint density at radius 3 is 2.89 bits per heavy atom. The summed E-state index contributed by atoms with van der Waals surface area (Å²) in [6, 6.07) is 5.26. The molecule has 19 heavy (non-hydrogen) atoms. The molecule has 0 saturated heterocycles. The van der Waals surface area contributed by atoms with Gasteiger partial charge in [0.2, 0.25) is 0 Å². The van der Waals surface area contributed by atoms with E-state index in [1.807, 2.05) is 19.2 Å². The van der Waals surface area contributed by atoms with Gasteiger partial charge in [-0.1, -0.05) is 0 Å². The number of nitrogens with zero attached hydrogens (tertiary/aromatic N) is 1. The van der Waals surface area contributed by atoms with Gasteiger partial charge in [0.25, 0.3) is 0 Å². The number of rotatable bonds is 5. The zero-order chi connectivity index (χ0) is 13.8. The third-order valence-electron chi connectivity index (χ3n) is 2.46. The molecule has 1 heterocycles. The Morgan fingerprint density at radius 2 is 2.26 bits per heavy atom. The maximum Gasteiger partial charge on any atom is 0.120 e. The van der Waals surface area contributed by atoms with Crippen molar-refractivity contribution in [2.45, 2.75) is 24.5 Å². The van der Waals surface area contributed by atoms with E-state index in [2.05, 4.69) is 4.98 Å². The fourth-order valence-electron chi connectivity index (χ4n) is 1.63. The lowest BCUT2D eigenvalue weighted by atomic mass is 10.3. The predicted molar refractivity (Wildman–Crippen MR) is 79.0 cm³/mol. The fraction of sp³-hybridized carbons (Fsp3) is 0.308. The van der Waals surface area contributed by atoms with Crippen LogP contribution >= 0.6 is 11.3 Å². The van der Waals surface area contributed by atoms with Crippen molar-refractivity contribution in [1.82, 2.24) is 4.98 Å². The van der Waals surface area contributed by atoms with Crippen molar-refractivity contribution in [1.29, 1.82) is 0 Å². The molecule has 102 valence electrons. The topological polar surface area (TPSA) is 65.2 Å². The minimum atomic E-state index is -1.20. The molecule has 0 aliphatic carbocycles. The van der Waals surface area contributed by atoms with Crippen molar-refractivity contribution in [3.05, 3.63) is 34.3 Å². The summed E-state index contributed by atoms with van der Waals surface area (Å²) in [6.45, 7) is 4.40. The molecule has 1 atom stereocenters. The second-order valence-electron chi connectivity index (χ2n) is 4.01. The Morgan fingerprint density at radius 1 is 1.47 bits per heavy atom. The standard InChI is InChI=1S/C13H16N2O2S2/c1-3-17-10-4-5-11(14)12(6-10)19(16)8-13-15-9(2)7-18-13/h4-7H,3,8,14H2,1-2H3. The molecule has 0 aliphatic heterocycles. The SMILES string of the molecule is CCOc1ccc(N)c(S(=O)Cc2nc(C)cs2)c1. The molecule has 0 spiro atoms. The molecule has 1 aromatic heterocycles. The Hall–Kier alpha value is -1.40. The average molecular weight is 296 g/mol. The summed E-state index contributed by atoms with van der Waals surface area (Å²) < 4.78 is 17.7. The van der Waals surface area contributed by atoms with Crippen LogP contribution < -0.4 is 10.5 Å². The zero-order valence-corrected chi connectivity index (χ0v) is 12.5. The van der Waals surface area contributed by atoms with Gasteiger partial charge < -0.3 is 10.5 Å². The number of thiazole rings is 1. The van der Waals surface area contributed by atoms with E-state index in [0.717, 1.165) is 10.7 Å². The molecular formula is C13H16N2O2S2. The Kier molecular flexibility index (Phi) is 4.55. The number of hydrogen-bond donors (Lipinski definition) is 1. The minimum absolute atomic E-state index is 0.387. The van der Waals surface area contributed by atoms with Gasteiger partial charge in [-0.05, 0) is 32.0 Å². The lowest BCUT2D eigenvalue weighted by molar-refractivity contribution is 0.339.